The van der Waals surface area contributed by atoms with Gasteiger partial charge in [0.15, 0.2) is 0 Å². The minimum atomic E-state index is -0.823. The zero-order valence-electron chi connectivity index (χ0n) is 12.2. The minimum Gasteiger partial charge on any atom is -0.351 e. The van der Waals surface area contributed by atoms with Crippen molar-refractivity contribution in [2.45, 2.75) is 13.1 Å². The first kappa shape index (κ1) is 16.1. The highest BCUT2D eigenvalue weighted by atomic mass is 16.2. The SMILES string of the molecule is CN(C)Cc1ccc(CN(C)CC(=O)NC(N)=O)cc1. The third kappa shape index (κ3) is 6.31. The van der Waals surface area contributed by atoms with Crippen LogP contribution < -0.4 is 11.1 Å². The van der Waals surface area contributed by atoms with Gasteiger partial charge in [-0.3, -0.25) is 15.0 Å². The van der Waals surface area contributed by atoms with Crippen LogP contribution in [0.25, 0.3) is 0 Å². The molecule has 3 amide bonds. The lowest BCUT2D eigenvalue weighted by Gasteiger charge is -2.16. The van der Waals surface area contributed by atoms with Crippen molar-refractivity contribution in [3.05, 3.63) is 35.4 Å². The third-order valence-electron chi connectivity index (χ3n) is 2.65. The first-order valence-electron chi connectivity index (χ1n) is 6.37. The van der Waals surface area contributed by atoms with E-state index in [2.05, 4.69) is 17.0 Å². The van der Waals surface area contributed by atoms with E-state index in [1.807, 2.05) is 43.5 Å². The van der Waals surface area contributed by atoms with Gasteiger partial charge in [0.05, 0.1) is 6.54 Å². The van der Waals surface area contributed by atoms with Crippen molar-refractivity contribution in [2.24, 2.45) is 5.73 Å². The number of carbonyl (C=O) groups is 2. The lowest BCUT2D eigenvalue weighted by molar-refractivity contribution is -0.120. The molecule has 0 aliphatic rings. The summed E-state index contributed by atoms with van der Waals surface area (Å²) in [7, 11) is 5.87. The second-order valence-electron chi connectivity index (χ2n) is 5.14. The number of nitrogens with zero attached hydrogens (tertiary/aromatic N) is 2. The average Bonchev–Trinajstić information content (AvgIpc) is 2.29. The van der Waals surface area contributed by atoms with Gasteiger partial charge < -0.3 is 10.6 Å². The van der Waals surface area contributed by atoms with Crippen LogP contribution in [-0.4, -0.2) is 49.4 Å². The van der Waals surface area contributed by atoms with E-state index in [4.69, 9.17) is 5.73 Å². The maximum atomic E-state index is 11.4. The quantitative estimate of drug-likeness (QED) is 0.788. The van der Waals surface area contributed by atoms with Crippen molar-refractivity contribution in [3.8, 4) is 0 Å². The van der Waals surface area contributed by atoms with Gasteiger partial charge in [-0.15, -0.1) is 0 Å². The molecule has 1 rings (SSSR count). The fraction of sp³-hybridized carbons (Fsp3) is 0.429. The summed E-state index contributed by atoms with van der Waals surface area (Å²) in [6, 6.07) is 7.42. The molecule has 0 unspecified atom stereocenters. The van der Waals surface area contributed by atoms with E-state index in [0.717, 1.165) is 12.1 Å². The minimum absolute atomic E-state index is 0.127. The van der Waals surface area contributed by atoms with Gasteiger partial charge in [-0.05, 0) is 32.3 Å². The van der Waals surface area contributed by atoms with E-state index in [9.17, 15) is 9.59 Å². The number of nitrogens with two attached hydrogens (primary N) is 1. The number of primary amides is 1. The van der Waals surface area contributed by atoms with Crippen LogP contribution >= 0.6 is 0 Å². The molecule has 0 radical (unpaired) electrons. The molecule has 3 N–H and O–H groups in total. The summed E-state index contributed by atoms with van der Waals surface area (Å²) in [5, 5.41) is 2.04. The smallest absolute Gasteiger partial charge is 0.318 e. The lowest BCUT2D eigenvalue weighted by atomic mass is 10.1. The predicted molar refractivity (Wildman–Crippen MR) is 77.9 cm³/mol. The molecule has 0 aliphatic heterocycles. The summed E-state index contributed by atoms with van der Waals surface area (Å²) in [5.74, 6) is -0.399. The summed E-state index contributed by atoms with van der Waals surface area (Å²) in [4.78, 5) is 25.8. The van der Waals surface area contributed by atoms with Crippen LogP contribution in [0.5, 0.6) is 0 Å². The number of likely N-dealkylation sites (N-methyl/N-ethyl adjacent to an activating group) is 1. The number of hydrogen-bond donors (Lipinski definition) is 2. The Hall–Kier alpha value is -1.92. The van der Waals surface area contributed by atoms with Crippen molar-refractivity contribution >= 4 is 11.9 Å². The Morgan fingerprint density at radius 3 is 2.00 bits per heavy atom. The molecule has 1 aromatic rings. The fourth-order valence-corrected chi connectivity index (χ4v) is 1.90. The fourth-order valence-electron chi connectivity index (χ4n) is 1.90. The average molecular weight is 278 g/mol. The highest BCUT2D eigenvalue weighted by Gasteiger charge is 2.08. The zero-order valence-corrected chi connectivity index (χ0v) is 12.2. The lowest BCUT2D eigenvalue weighted by Crippen LogP contribution is -2.41. The first-order valence-corrected chi connectivity index (χ1v) is 6.37. The Balaban J connectivity index is 2.47. The van der Waals surface area contributed by atoms with Gasteiger partial charge in [-0.1, -0.05) is 24.3 Å². The predicted octanol–water partition coefficient (Wildman–Crippen LogP) is 0.375. The molecule has 0 aromatic heterocycles. The number of carbonyl (C=O) groups excluding carboxylic acids is 2. The molecule has 0 heterocycles. The maximum absolute atomic E-state index is 11.4. The van der Waals surface area contributed by atoms with E-state index in [-0.39, 0.29) is 6.54 Å². The molecule has 1 aromatic carbocycles. The molecule has 0 fully saturated rings. The summed E-state index contributed by atoms with van der Waals surface area (Å²) in [6.07, 6.45) is 0. The Labute approximate surface area is 119 Å². The van der Waals surface area contributed by atoms with E-state index < -0.39 is 11.9 Å². The molecule has 0 saturated carbocycles. The van der Waals surface area contributed by atoms with E-state index in [1.54, 1.807) is 0 Å². The second-order valence-corrected chi connectivity index (χ2v) is 5.14. The number of nitrogens with one attached hydrogen (secondary N) is 1. The molecule has 0 saturated heterocycles. The molecular weight excluding hydrogens is 256 g/mol. The number of amides is 3. The second kappa shape index (κ2) is 7.62. The Bertz CT molecular complexity index is 457. The summed E-state index contributed by atoms with van der Waals surface area (Å²) < 4.78 is 0. The largest absolute Gasteiger partial charge is 0.351 e. The molecule has 6 heteroatoms. The van der Waals surface area contributed by atoms with E-state index in [0.29, 0.717) is 6.54 Å². The molecule has 6 nitrogen and oxygen atoms in total. The third-order valence-corrected chi connectivity index (χ3v) is 2.65. The van der Waals surface area contributed by atoms with Crippen molar-refractivity contribution in [3.63, 3.8) is 0 Å². The van der Waals surface area contributed by atoms with Gasteiger partial charge in [0, 0.05) is 13.1 Å². The molecule has 0 bridgehead atoms. The number of hydrogen-bond acceptors (Lipinski definition) is 4. The number of rotatable bonds is 6. The Morgan fingerprint density at radius 1 is 1.05 bits per heavy atom. The molecule has 0 spiro atoms. The van der Waals surface area contributed by atoms with Gasteiger partial charge in [0.25, 0.3) is 0 Å². The van der Waals surface area contributed by atoms with E-state index >= 15 is 0 Å². The maximum Gasteiger partial charge on any atom is 0.318 e. The van der Waals surface area contributed by atoms with Gasteiger partial charge >= 0.3 is 6.03 Å². The molecule has 20 heavy (non-hydrogen) atoms. The van der Waals surface area contributed by atoms with Gasteiger partial charge in [0.2, 0.25) is 5.91 Å². The van der Waals surface area contributed by atoms with Gasteiger partial charge in [0.1, 0.15) is 0 Å². The van der Waals surface area contributed by atoms with Gasteiger partial charge in [-0.25, -0.2) is 4.79 Å². The van der Waals surface area contributed by atoms with Crippen LogP contribution in [0.3, 0.4) is 0 Å². The van der Waals surface area contributed by atoms with Crippen molar-refractivity contribution in [1.82, 2.24) is 15.1 Å². The van der Waals surface area contributed by atoms with Crippen LogP contribution in [0.2, 0.25) is 0 Å². The summed E-state index contributed by atoms with van der Waals surface area (Å²) in [6.45, 7) is 1.66. The van der Waals surface area contributed by atoms with Crippen LogP contribution in [0.4, 0.5) is 4.79 Å². The van der Waals surface area contributed by atoms with Crippen LogP contribution in [-0.2, 0) is 17.9 Å². The molecule has 0 aliphatic carbocycles. The Kier molecular flexibility index (Phi) is 6.14. The first-order chi connectivity index (χ1) is 9.36. The standard InChI is InChI=1S/C14H22N4O2/c1-17(2)8-11-4-6-12(7-5-11)9-18(3)10-13(19)16-14(15)20/h4-7H,8-10H2,1-3H3,(H3,15,16,19,20). The van der Waals surface area contributed by atoms with Crippen molar-refractivity contribution in [2.75, 3.05) is 27.7 Å². The van der Waals surface area contributed by atoms with Crippen LogP contribution in [0.15, 0.2) is 24.3 Å². The number of urea groups is 1. The Morgan fingerprint density at radius 2 is 1.55 bits per heavy atom. The van der Waals surface area contributed by atoms with Crippen LogP contribution in [0.1, 0.15) is 11.1 Å². The topological polar surface area (TPSA) is 78.7 Å². The zero-order chi connectivity index (χ0) is 15.1. The monoisotopic (exact) mass is 278 g/mol. The molecular formula is C14H22N4O2. The van der Waals surface area contributed by atoms with Crippen molar-refractivity contribution < 1.29 is 9.59 Å². The summed E-state index contributed by atoms with van der Waals surface area (Å²) in [5.41, 5.74) is 7.24. The highest BCUT2D eigenvalue weighted by molar-refractivity contribution is 5.94. The number of imide groups is 1. The van der Waals surface area contributed by atoms with Crippen LogP contribution in [0, 0.1) is 0 Å². The van der Waals surface area contributed by atoms with Gasteiger partial charge in [-0.2, -0.15) is 0 Å². The number of benzene rings is 1. The van der Waals surface area contributed by atoms with E-state index in [1.165, 1.54) is 5.56 Å². The molecule has 110 valence electrons. The van der Waals surface area contributed by atoms with Crippen molar-refractivity contribution in [1.29, 1.82) is 0 Å². The highest BCUT2D eigenvalue weighted by Crippen LogP contribution is 2.08. The molecule has 0 atom stereocenters. The normalized spacial score (nSPS) is 10.8. The summed E-state index contributed by atoms with van der Waals surface area (Å²) >= 11 is 0.